The van der Waals surface area contributed by atoms with Gasteiger partial charge in [-0.05, 0) is 24.3 Å². The highest BCUT2D eigenvalue weighted by Crippen LogP contribution is 2.32. The Kier molecular flexibility index (Phi) is 3.06. The van der Waals surface area contributed by atoms with Crippen LogP contribution in [0, 0.1) is 0 Å². The van der Waals surface area contributed by atoms with Crippen LogP contribution >= 0.6 is 7.60 Å². The number of benzene rings is 1. The number of esters is 1. The van der Waals surface area contributed by atoms with Crippen LogP contribution < -0.4 is 5.30 Å². The minimum atomic E-state index is -4.23. The van der Waals surface area contributed by atoms with Crippen molar-refractivity contribution in [2.75, 3.05) is 7.11 Å². The van der Waals surface area contributed by atoms with E-state index in [-0.39, 0.29) is 10.9 Å². The maximum Gasteiger partial charge on any atom is 0.356 e. The van der Waals surface area contributed by atoms with E-state index in [0.29, 0.717) is 0 Å². The fraction of sp³-hybridized carbons (Fsp3) is 0.125. The Morgan fingerprint density at radius 1 is 1.29 bits per heavy atom. The SMILES string of the molecule is COC(=O)c1ccc(P(=O)(O)O)cc1. The molecule has 0 aliphatic carbocycles. The fourth-order valence-electron chi connectivity index (χ4n) is 0.910. The van der Waals surface area contributed by atoms with E-state index < -0.39 is 13.6 Å². The van der Waals surface area contributed by atoms with Crippen LogP contribution in [-0.4, -0.2) is 22.9 Å². The Bertz CT molecular complexity index is 377. The Balaban J connectivity index is 3.01. The molecule has 14 heavy (non-hydrogen) atoms. The first kappa shape index (κ1) is 10.9. The molecule has 0 aromatic heterocycles. The molecule has 0 amide bonds. The predicted molar refractivity (Wildman–Crippen MR) is 49.5 cm³/mol. The van der Waals surface area contributed by atoms with Crippen LogP contribution in [0.1, 0.15) is 10.4 Å². The first-order valence-electron chi connectivity index (χ1n) is 3.69. The van der Waals surface area contributed by atoms with Crippen molar-refractivity contribution in [3.05, 3.63) is 29.8 Å². The van der Waals surface area contributed by atoms with Gasteiger partial charge in [0.2, 0.25) is 0 Å². The number of carbonyl (C=O) groups excluding carboxylic acids is 1. The molecule has 0 unspecified atom stereocenters. The van der Waals surface area contributed by atoms with Crippen molar-refractivity contribution in [2.24, 2.45) is 0 Å². The van der Waals surface area contributed by atoms with Gasteiger partial charge in [-0.2, -0.15) is 0 Å². The number of carbonyl (C=O) groups is 1. The van der Waals surface area contributed by atoms with Gasteiger partial charge in [-0.25, -0.2) is 4.79 Å². The number of methoxy groups -OCH3 is 1. The van der Waals surface area contributed by atoms with Gasteiger partial charge < -0.3 is 14.5 Å². The molecule has 5 nitrogen and oxygen atoms in total. The van der Waals surface area contributed by atoms with E-state index in [1.165, 1.54) is 31.4 Å². The van der Waals surface area contributed by atoms with Crippen LogP contribution in [0.25, 0.3) is 0 Å². The van der Waals surface area contributed by atoms with Crippen molar-refractivity contribution in [3.63, 3.8) is 0 Å². The molecular weight excluding hydrogens is 207 g/mol. The molecule has 1 aromatic rings. The standard InChI is InChI=1S/C8H9O5P/c1-13-8(9)6-2-4-7(5-3-6)14(10,11)12/h2-5H,1H3,(H2,10,11,12). The van der Waals surface area contributed by atoms with Gasteiger partial charge in [0.05, 0.1) is 18.0 Å². The molecule has 0 aliphatic rings. The molecule has 76 valence electrons. The minimum absolute atomic E-state index is 0.120. The molecule has 0 aliphatic heterocycles. The molecule has 0 fully saturated rings. The van der Waals surface area contributed by atoms with Crippen molar-refractivity contribution < 1.29 is 23.9 Å². The summed E-state index contributed by atoms with van der Waals surface area (Å²) in [6, 6.07) is 5.01. The molecule has 0 radical (unpaired) electrons. The van der Waals surface area contributed by atoms with Crippen LogP contribution in [0.5, 0.6) is 0 Å². The molecule has 0 bridgehead atoms. The van der Waals surface area contributed by atoms with Crippen molar-refractivity contribution >= 4 is 18.9 Å². The number of hydrogen-bond acceptors (Lipinski definition) is 3. The maximum absolute atomic E-state index is 11.0. The van der Waals surface area contributed by atoms with Crippen molar-refractivity contribution in [2.45, 2.75) is 0 Å². The zero-order valence-corrected chi connectivity index (χ0v) is 8.27. The summed E-state index contributed by atoms with van der Waals surface area (Å²) in [6.45, 7) is 0. The molecule has 6 heteroatoms. The van der Waals surface area contributed by atoms with Gasteiger partial charge in [-0.15, -0.1) is 0 Å². The van der Waals surface area contributed by atoms with Gasteiger partial charge in [0.15, 0.2) is 0 Å². The zero-order valence-electron chi connectivity index (χ0n) is 7.38. The minimum Gasteiger partial charge on any atom is -0.465 e. The highest BCUT2D eigenvalue weighted by Gasteiger charge is 2.17. The Morgan fingerprint density at radius 2 is 1.79 bits per heavy atom. The molecular formula is C8H9O5P. The number of ether oxygens (including phenoxy) is 1. The van der Waals surface area contributed by atoms with Gasteiger partial charge in [0.1, 0.15) is 0 Å². The number of hydrogen-bond donors (Lipinski definition) is 2. The Labute approximate surface area is 80.5 Å². The van der Waals surface area contributed by atoms with Crippen LogP contribution in [0.4, 0.5) is 0 Å². The largest absolute Gasteiger partial charge is 0.465 e. The lowest BCUT2D eigenvalue weighted by Crippen LogP contribution is -2.06. The molecule has 0 heterocycles. The second kappa shape index (κ2) is 3.92. The normalized spacial score (nSPS) is 11.1. The molecule has 0 atom stereocenters. The van der Waals surface area contributed by atoms with E-state index in [1.807, 2.05) is 0 Å². The van der Waals surface area contributed by atoms with Gasteiger partial charge in [-0.3, -0.25) is 4.57 Å². The Hall–Kier alpha value is -1.16. The Morgan fingerprint density at radius 3 is 2.14 bits per heavy atom. The van der Waals surface area contributed by atoms with Gasteiger partial charge in [0.25, 0.3) is 0 Å². The third-order valence-corrected chi connectivity index (χ3v) is 2.60. The third-order valence-electron chi connectivity index (χ3n) is 1.62. The summed E-state index contributed by atoms with van der Waals surface area (Å²) in [7, 11) is -2.99. The van der Waals surface area contributed by atoms with Gasteiger partial charge in [0, 0.05) is 0 Å². The second-order valence-corrected chi connectivity index (χ2v) is 4.19. The molecule has 0 spiro atoms. The van der Waals surface area contributed by atoms with E-state index in [9.17, 15) is 9.36 Å². The summed E-state index contributed by atoms with van der Waals surface area (Å²) in [5, 5.41) is -0.120. The predicted octanol–water partition coefficient (Wildman–Crippen LogP) is 0.276. The number of rotatable bonds is 2. The molecule has 0 saturated heterocycles. The first-order chi connectivity index (χ1) is 6.45. The van der Waals surface area contributed by atoms with E-state index >= 15 is 0 Å². The van der Waals surface area contributed by atoms with Crippen LogP contribution in [0.15, 0.2) is 24.3 Å². The third kappa shape index (κ3) is 2.42. The summed E-state index contributed by atoms with van der Waals surface area (Å²) in [4.78, 5) is 28.5. The average Bonchev–Trinajstić information content (AvgIpc) is 2.15. The van der Waals surface area contributed by atoms with Crippen LogP contribution in [0.3, 0.4) is 0 Å². The highest BCUT2D eigenvalue weighted by atomic mass is 31.2. The summed E-state index contributed by atoms with van der Waals surface area (Å²) >= 11 is 0. The smallest absolute Gasteiger partial charge is 0.356 e. The zero-order chi connectivity index (χ0) is 10.8. The van der Waals surface area contributed by atoms with Gasteiger partial charge in [-0.1, -0.05) is 0 Å². The van der Waals surface area contributed by atoms with Crippen LogP contribution in [0.2, 0.25) is 0 Å². The van der Waals surface area contributed by atoms with Gasteiger partial charge >= 0.3 is 13.6 Å². The van der Waals surface area contributed by atoms with Crippen molar-refractivity contribution in [1.29, 1.82) is 0 Å². The maximum atomic E-state index is 11.0. The lowest BCUT2D eigenvalue weighted by atomic mass is 10.2. The fourth-order valence-corrected chi connectivity index (χ4v) is 1.45. The summed E-state index contributed by atoms with van der Waals surface area (Å²) in [5.41, 5.74) is 0.254. The monoisotopic (exact) mass is 216 g/mol. The summed E-state index contributed by atoms with van der Waals surface area (Å²) in [6.07, 6.45) is 0. The average molecular weight is 216 g/mol. The lowest BCUT2D eigenvalue weighted by molar-refractivity contribution is 0.0600. The molecule has 1 rings (SSSR count). The van der Waals surface area contributed by atoms with E-state index in [2.05, 4.69) is 4.74 Å². The lowest BCUT2D eigenvalue weighted by Gasteiger charge is -2.04. The quantitative estimate of drug-likeness (QED) is 0.547. The molecule has 2 N–H and O–H groups in total. The van der Waals surface area contributed by atoms with Crippen molar-refractivity contribution in [1.82, 2.24) is 0 Å². The summed E-state index contributed by atoms with van der Waals surface area (Å²) in [5.74, 6) is -0.540. The second-order valence-electron chi connectivity index (χ2n) is 2.58. The van der Waals surface area contributed by atoms with Crippen molar-refractivity contribution in [3.8, 4) is 0 Å². The molecule has 1 aromatic carbocycles. The van der Waals surface area contributed by atoms with Crippen LogP contribution in [-0.2, 0) is 9.30 Å². The highest BCUT2D eigenvalue weighted by molar-refractivity contribution is 7.60. The van der Waals surface area contributed by atoms with E-state index in [4.69, 9.17) is 9.79 Å². The topological polar surface area (TPSA) is 83.8 Å². The molecule has 0 saturated carbocycles. The van der Waals surface area contributed by atoms with E-state index in [0.717, 1.165) is 0 Å². The summed E-state index contributed by atoms with van der Waals surface area (Å²) < 4.78 is 15.2. The van der Waals surface area contributed by atoms with E-state index in [1.54, 1.807) is 0 Å². The first-order valence-corrected chi connectivity index (χ1v) is 5.31.